The first kappa shape index (κ1) is 17.8. The molecule has 22 heavy (non-hydrogen) atoms. The molecule has 0 saturated carbocycles. The van der Waals surface area contributed by atoms with E-state index in [-0.39, 0.29) is 12.4 Å². The van der Waals surface area contributed by atoms with Gasteiger partial charge in [0.25, 0.3) is 0 Å². The van der Waals surface area contributed by atoms with Crippen LogP contribution in [0.2, 0.25) is 0 Å². The summed E-state index contributed by atoms with van der Waals surface area (Å²) < 4.78 is 10.2. The van der Waals surface area contributed by atoms with Gasteiger partial charge in [-0.3, -0.25) is 4.79 Å². The van der Waals surface area contributed by atoms with Crippen molar-refractivity contribution >= 4 is 17.7 Å². The highest BCUT2D eigenvalue weighted by atomic mass is 16.6. The van der Waals surface area contributed by atoms with Crippen LogP contribution in [-0.4, -0.2) is 24.3 Å². The molecule has 0 radical (unpaired) electrons. The molecule has 0 aliphatic carbocycles. The minimum atomic E-state index is -0.611. The zero-order valence-corrected chi connectivity index (χ0v) is 13.5. The van der Waals surface area contributed by atoms with Gasteiger partial charge in [0.1, 0.15) is 5.60 Å². The van der Waals surface area contributed by atoms with E-state index in [2.05, 4.69) is 5.32 Å². The fraction of sp³-hybridized carbons (Fsp3) is 0.500. The van der Waals surface area contributed by atoms with Gasteiger partial charge in [-0.1, -0.05) is 12.1 Å². The largest absolute Gasteiger partial charge is 0.466 e. The molecule has 3 N–H and O–H groups in total. The molecule has 6 nitrogen and oxygen atoms in total. The van der Waals surface area contributed by atoms with Gasteiger partial charge < -0.3 is 20.5 Å². The number of esters is 1. The van der Waals surface area contributed by atoms with E-state index in [1.165, 1.54) is 0 Å². The van der Waals surface area contributed by atoms with Crippen molar-refractivity contribution in [3.63, 3.8) is 0 Å². The van der Waals surface area contributed by atoms with Crippen molar-refractivity contribution in [2.75, 3.05) is 12.3 Å². The molecule has 0 heterocycles. The number of carbonyl (C=O) groups is 2. The second-order valence-electron chi connectivity index (χ2n) is 5.87. The third kappa shape index (κ3) is 6.47. The molecule has 0 spiro atoms. The summed E-state index contributed by atoms with van der Waals surface area (Å²) >= 11 is 0. The molecule has 122 valence electrons. The Labute approximate surface area is 131 Å². The maximum atomic E-state index is 11.9. The van der Waals surface area contributed by atoms with E-state index in [0.29, 0.717) is 12.3 Å². The third-order valence-corrected chi connectivity index (χ3v) is 2.71. The number of nitrogen functional groups attached to an aromatic ring is 1. The summed E-state index contributed by atoms with van der Waals surface area (Å²) in [6.07, 6.45) is -0.560. The van der Waals surface area contributed by atoms with Crippen LogP contribution in [0, 0.1) is 0 Å². The normalized spacial score (nSPS) is 12.4. The molecular weight excluding hydrogens is 284 g/mol. The molecule has 0 saturated heterocycles. The first-order valence-electron chi connectivity index (χ1n) is 7.22. The van der Waals surface area contributed by atoms with Crippen molar-refractivity contribution in [3.8, 4) is 0 Å². The molecule has 0 bridgehead atoms. The predicted octanol–water partition coefficient (Wildman–Crippen LogP) is 2.79. The Balaban J connectivity index is 2.84. The highest BCUT2D eigenvalue weighted by molar-refractivity contribution is 5.73. The van der Waals surface area contributed by atoms with Crippen molar-refractivity contribution in [3.05, 3.63) is 29.8 Å². The zero-order valence-electron chi connectivity index (χ0n) is 13.5. The van der Waals surface area contributed by atoms with Crippen molar-refractivity contribution < 1.29 is 19.1 Å². The smallest absolute Gasteiger partial charge is 0.408 e. The van der Waals surface area contributed by atoms with E-state index >= 15 is 0 Å². The summed E-state index contributed by atoms with van der Waals surface area (Å²) in [6, 6.07) is 6.41. The van der Waals surface area contributed by atoms with Gasteiger partial charge >= 0.3 is 12.1 Å². The first-order chi connectivity index (χ1) is 10.2. The maximum absolute atomic E-state index is 11.9. The predicted molar refractivity (Wildman–Crippen MR) is 84.2 cm³/mol. The molecule has 1 aromatic rings. The quantitative estimate of drug-likeness (QED) is 0.644. The molecule has 0 aliphatic heterocycles. The van der Waals surface area contributed by atoms with Crippen molar-refractivity contribution in [2.45, 2.75) is 45.8 Å². The van der Waals surface area contributed by atoms with Gasteiger partial charge in [-0.05, 0) is 45.4 Å². The molecular formula is C16H24N2O4. The van der Waals surface area contributed by atoms with Crippen LogP contribution in [0.4, 0.5) is 10.5 Å². The lowest BCUT2D eigenvalue weighted by Crippen LogP contribution is -2.36. The van der Waals surface area contributed by atoms with Crippen molar-refractivity contribution in [2.24, 2.45) is 0 Å². The Hall–Kier alpha value is -2.24. The summed E-state index contributed by atoms with van der Waals surface area (Å²) in [6.45, 7) is 7.35. The van der Waals surface area contributed by atoms with Crippen LogP contribution in [-0.2, 0) is 14.3 Å². The van der Waals surface area contributed by atoms with Crippen LogP contribution in [0.15, 0.2) is 24.3 Å². The second kappa shape index (κ2) is 7.68. The highest BCUT2D eigenvalue weighted by Gasteiger charge is 2.23. The Morgan fingerprint density at radius 3 is 2.32 bits per heavy atom. The number of hydrogen-bond donors (Lipinski definition) is 2. The molecule has 0 fully saturated rings. The summed E-state index contributed by atoms with van der Waals surface area (Å²) in [5.41, 5.74) is 6.41. The molecule has 1 aromatic carbocycles. The number of rotatable bonds is 5. The van der Waals surface area contributed by atoms with E-state index in [0.717, 1.165) is 5.56 Å². The van der Waals surface area contributed by atoms with Gasteiger partial charge in [0.15, 0.2) is 0 Å². The number of anilines is 1. The van der Waals surface area contributed by atoms with Crippen LogP contribution in [0.1, 0.15) is 45.7 Å². The average molecular weight is 308 g/mol. The minimum Gasteiger partial charge on any atom is -0.466 e. The van der Waals surface area contributed by atoms with E-state index in [1.807, 2.05) is 0 Å². The number of benzene rings is 1. The van der Waals surface area contributed by atoms with Gasteiger partial charge in [-0.25, -0.2) is 4.79 Å². The lowest BCUT2D eigenvalue weighted by molar-refractivity contribution is -0.143. The SMILES string of the molecule is CCOC(=O)CC(NC(=O)OC(C)(C)C)c1ccc(N)cc1. The number of nitrogens with one attached hydrogen (secondary N) is 1. The lowest BCUT2D eigenvalue weighted by atomic mass is 10.0. The van der Waals surface area contributed by atoms with Crippen LogP contribution >= 0.6 is 0 Å². The van der Waals surface area contributed by atoms with E-state index in [1.54, 1.807) is 52.0 Å². The molecule has 1 unspecified atom stereocenters. The molecule has 1 rings (SSSR count). The van der Waals surface area contributed by atoms with E-state index in [9.17, 15) is 9.59 Å². The van der Waals surface area contributed by atoms with Crippen molar-refractivity contribution in [1.82, 2.24) is 5.32 Å². The fourth-order valence-corrected chi connectivity index (χ4v) is 1.82. The Kier molecular flexibility index (Phi) is 6.22. The average Bonchev–Trinajstić information content (AvgIpc) is 2.36. The van der Waals surface area contributed by atoms with Gasteiger partial charge in [0, 0.05) is 5.69 Å². The number of amides is 1. The minimum absolute atomic E-state index is 0.0248. The Morgan fingerprint density at radius 2 is 1.82 bits per heavy atom. The lowest BCUT2D eigenvalue weighted by Gasteiger charge is -2.23. The second-order valence-corrected chi connectivity index (χ2v) is 5.87. The summed E-state index contributed by atoms with van der Waals surface area (Å²) in [7, 11) is 0. The van der Waals surface area contributed by atoms with Gasteiger partial charge in [-0.2, -0.15) is 0 Å². The Bertz CT molecular complexity index is 506. The summed E-state index contributed by atoms with van der Waals surface area (Å²) in [4.78, 5) is 23.7. The molecule has 1 amide bonds. The number of carbonyl (C=O) groups excluding carboxylic acids is 2. The van der Waals surface area contributed by atoms with Gasteiger partial charge in [0.05, 0.1) is 19.1 Å². The molecule has 6 heteroatoms. The monoisotopic (exact) mass is 308 g/mol. The van der Waals surface area contributed by atoms with Crippen LogP contribution < -0.4 is 11.1 Å². The highest BCUT2D eigenvalue weighted by Crippen LogP contribution is 2.20. The first-order valence-corrected chi connectivity index (χ1v) is 7.22. The van der Waals surface area contributed by atoms with Crippen molar-refractivity contribution in [1.29, 1.82) is 0 Å². The number of ether oxygens (including phenoxy) is 2. The topological polar surface area (TPSA) is 90.6 Å². The van der Waals surface area contributed by atoms with Crippen LogP contribution in [0.3, 0.4) is 0 Å². The summed E-state index contributed by atoms with van der Waals surface area (Å²) in [5, 5.41) is 2.70. The Morgan fingerprint density at radius 1 is 1.23 bits per heavy atom. The maximum Gasteiger partial charge on any atom is 0.408 e. The molecule has 0 aliphatic rings. The van der Waals surface area contributed by atoms with Crippen LogP contribution in [0.25, 0.3) is 0 Å². The molecule has 1 atom stereocenters. The fourth-order valence-electron chi connectivity index (χ4n) is 1.82. The van der Waals surface area contributed by atoms with E-state index < -0.39 is 17.7 Å². The number of hydrogen-bond acceptors (Lipinski definition) is 5. The standard InChI is InChI=1S/C16H24N2O4/c1-5-21-14(19)10-13(11-6-8-12(17)9-7-11)18-15(20)22-16(2,3)4/h6-9,13H,5,10,17H2,1-4H3,(H,18,20). The van der Waals surface area contributed by atoms with Gasteiger partial charge in [-0.15, -0.1) is 0 Å². The number of nitrogens with two attached hydrogens (primary N) is 1. The van der Waals surface area contributed by atoms with E-state index in [4.69, 9.17) is 15.2 Å². The number of alkyl carbamates (subject to hydrolysis) is 1. The zero-order chi connectivity index (χ0) is 16.8. The third-order valence-electron chi connectivity index (χ3n) is 2.71. The van der Waals surface area contributed by atoms with Gasteiger partial charge in [0.2, 0.25) is 0 Å². The summed E-state index contributed by atoms with van der Waals surface area (Å²) in [5.74, 6) is -0.389. The van der Waals surface area contributed by atoms with Crippen LogP contribution in [0.5, 0.6) is 0 Å². The molecule has 0 aromatic heterocycles.